The molecule has 1 aromatic carbocycles. The standard InChI is InChI=1S/C16H21NO4/c1-16(2)8-11-4-3-5-12(14(11)21-16)9-17-6-7-20-10-13(17)15(18)19/h3-5,13H,6-10H2,1-2H3,(H,18,19). The van der Waals surface area contributed by atoms with Gasteiger partial charge in [-0.1, -0.05) is 18.2 Å². The van der Waals surface area contributed by atoms with E-state index < -0.39 is 12.0 Å². The quantitative estimate of drug-likeness (QED) is 0.918. The zero-order valence-electron chi connectivity index (χ0n) is 12.5. The van der Waals surface area contributed by atoms with Crippen LogP contribution in [0, 0.1) is 0 Å². The van der Waals surface area contributed by atoms with E-state index in [1.165, 1.54) is 5.56 Å². The largest absolute Gasteiger partial charge is 0.487 e. The lowest BCUT2D eigenvalue weighted by Crippen LogP contribution is -2.49. The maximum atomic E-state index is 11.3. The molecular formula is C16H21NO4. The molecule has 0 saturated carbocycles. The highest BCUT2D eigenvalue weighted by atomic mass is 16.5. The van der Waals surface area contributed by atoms with Crippen LogP contribution in [0.5, 0.6) is 5.75 Å². The number of carboxylic acids is 1. The first kappa shape index (κ1) is 14.4. The van der Waals surface area contributed by atoms with E-state index in [1.807, 2.05) is 17.0 Å². The van der Waals surface area contributed by atoms with E-state index in [0.717, 1.165) is 17.7 Å². The Morgan fingerprint density at radius 1 is 1.48 bits per heavy atom. The fourth-order valence-electron chi connectivity index (χ4n) is 3.08. The van der Waals surface area contributed by atoms with Gasteiger partial charge in [-0.25, -0.2) is 0 Å². The Labute approximate surface area is 124 Å². The van der Waals surface area contributed by atoms with Crippen LogP contribution >= 0.6 is 0 Å². The van der Waals surface area contributed by atoms with Gasteiger partial charge in [0, 0.05) is 25.1 Å². The van der Waals surface area contributed by atoms with Crippen molar-refractivity contribution in [2.45, 2.75) is 38.5 Å². The predicted molar refractivity (Wildman–Crippen MR) is 77.5 cm³/mol. The van der Waals surface area contributed by atoms with Gasteiger partial charge in [0.1, 0.15) is 17.4 Å². The number of morpholine rings is 1. The van der Waals surface area contributed by atoms with Crippen molar-refractivity contribution < 1.29 is 19.4 Å². The molecule has 0 amide bonds. The van der Waals surface area contributed by atoms with E-state index in [4.69, 9.17) is 9.47 Å². The number of ether oxygens (including phenoxy) is 2. The number of hydrogen-bond acceptors (Lipinski definition) is 4. The molecule has 1 N–H and O–H groups in total. The first-order chi connectivity index (χ1) is 9.96. The van der Waals surface area contributed by atoms with Crippen LogP contribution in [0.2, 0.25) is 0 Å². The highest BCUT2D eigenvalue weighted by Gasteiger charge is 2.34. The van der Waals surface area contributed by atoms with Crippen LogP contribution in [0.3, 0.4) is 0 Å². The number of hydrogen-bond donors (Lipinski definition) is 1. The second-order valence-electron chi connectivity index (χ2n) is 6.34. The van der Waals surface area contributed by atoms with E-state index in [9.17, 15) is 9.90 Å². The zero-order chi connectivity index (χ0) is 15.0. The molecule has 0 aliphatic carbocycles. The van der Waals surface area contributed by atoms with Crippen LogP contribution in [0.15, 0.2) is 18.2 Å². The summed E-state index contributed by atoms with van der Waals surface area (Å²) >= 11 is 0. The minimum atomic E-state index is -0.830. The fraction of sp³-hybridized carbons (Fsp3) is 0.562. The molecule has 1 atom stereocenters. The normalized spacial score (nSPS) is 24.4. The third kappa shape index (κ3) is 2.89. The third-order valence-electron chi connectivity index (χ3n) is 4.07. The summed E-state index contributed by atoms with van der Waals surface area (Å²) in [7, 11) is 0. The Morgan fingerprint density at radius 3 is 3.05 bits per heavy atom. The summed E-state index contributed by atoms with van der Waals surface area (Å²) in [4.78, 5) is 13.3. The molecule has 1 unspecified atom stereocenters. The molecule has 1 saturated heterocycles. The number of carboxylic acid groups (broad SMARTS) is 1. The minimum Gasteiger partial charge on any atom is -0.487 e. The highest BCUT2D eigenvalue weighted by Crippen LogP contribution is 2.38. The van der Waals surface area contributed by atoms with Crippen LogP contribution in [-0.2, 0) is 22.5 Å². The van der Waals surface area contributed by atoms with E-state index in [2.05, 4.69) is 19.9 Å². The average Bonchev–Trinajstić information content (AvgIpc) is 2.74. The van der Waals surface area contributed by atoms with Crippen LogP contribution < -0.4 is 4.74 Å². The van der Waals surface area contributed by atoms with Gasteiger partial charge in [0.05, 0.1) is 13.2 Å². The van der Waals surface area contributed by atoms with E-state index in [-0.39, 0.29) is 12.2 Å². The topological polar surface area (TPSA) is 59.0 Å². The lowest BCUT2D eigenvalue weighted by Gasteiger charge is -2.33. The van der Waals surface area contributed by atoms with Gasteiger partial charge in [-0.05, 0) is 19.4 Å². The second-order valence-corrected chi connectivity index (χ2v) is 6.34. The summed E-state index contributed by atoms with van der Waals surface area (Å²) in [5.74, 6) is 0.0988. The average molecular weight is 291 g/mol. The molecule has 0 bridgehead atoms. The van der Waals surface area contributed by atoms with Crippen LogP contribution in [0.25, 0.3) is 0 Å². The first-order valence-electron chi connectivity index (χ1n) is 7.31. The molecule has 1 fully saturated rings. The number of benzene rings is 1. The number of carbonyl (C=O) groups is 1. The molecule has 5 nitrogen and oxygen atoms in total. The molecule has 2 aliphatic rings. The summed E-state index contributed by atoms with van der Waals surface area (Å²) < 4.78 is 11.3. The van der Waals surface area contributed by atoms with E-state index in [0.29, 0.717) is 19.7 Å². The SMILES string of the molecule is CC1(C)Cc2cccc(CN3CCOCC3C(=O)O)c2O1. The Balaban J connectivity index is 1.83. The number of rotatable bonds is 3. The Morgan fingerprint density at radius 2 is 2.29 bits per heavy atom. The van der Waals surface area contributed by atoms with Gasteiger partial charge in [-0.3, -0.25) is 9.69 Å². The maximum Gasteiger partial charge on any atom is 0.323 e. The summed E-state index contributed by atoms with van der Waals surface area (Å²) in [5, 5.41) is 9.31. The monoisotopic (exact) mass is 291 g/mol. The van der Waals surface area contributed by atoms with E-state index in [1.54, 1.807) is 0 Å². The molecule has 1 aromatic rings. The molecule has 114 valence electrons. The number of para-hydroxylation sites is 1. The number of aliphatic carboxylic acids is 1. The van der Waals surface area contributed by atoms with Gasteiger partial charge in [-0.15, -0.1) is 0 Å². The Kier molecular flexibility index (Phi) is 3.63. The number of nitrogens with zero attached hydrogens (tertiary/aromatic N) is 1. The first-order valence-corrected chi connectivity index (χ1v) is 7.31. The van der Waals surface area contributed by atoms with Gasteiger partial charge < -0.3 is 14.6 Å². The van der Waals surface area contributed by atoms with Gasteiger partial charge in [-0.2, -0.15) is 0 Å². The Bertz CT molecular complexity index is 555. The smallest absolute Gasteiger partial charge is 0.323 e. The summed E-state index contributed by atoms with van der Waals surface area (Å²) in [6, 6.07) is 5.55. The van der Waals surface area contributed by atoms with Crippen LogP contribution in [-0.4, -0.2) is 47.4 Å². The van der Waals surface area contributed by atoms with Crippen LogP contribution in [0.1, 0.15) is 25.0 Å². The molecule has 2 heterocycles. The molecule has 0 radical (unpaired) electrons. The van der Waals surface area contributed by atoms with Crippen molar-refractivity contribution in [3.8, 4) is 5.75 Å². The van der Waals surface area contributed by atoms with Crippen LogP contribution in [0.4, 0.5) is 0 Å². The summed E-state index contributed by atoms with van der Waals surface area (Å²) in [5.41, 5.74) is 2.08. The lowest BCUT2D eigenvalue weighted by atomic mass is 10.0. The molecule has 0 aromatic heterocycles. The van der Waals surface area contributed by atoms with Gasteiger partial charge in [0.2, 0.25) is 0 Å². The van der Waals surface area contributed by atoms with Crippen molar-refractivity contribution in [3.63, 3.8) is 0 Å². The Hall–Kier alpha value is -1.59. The van der Waals surface area contributed by atoms with Crippen molar-refractivity contribution in [3.05, 3.63) is 29.3 Å². The summed E-state index contributed by atoms with van der Waals surface area (Å²) in [6.45, 7) is 6.18. The molecular weight excluding hydrogens is 270 g/mol. The maximum absolute atomic E-state index is 11.3. The predicted octanol–water partition coefficient (Wildman–Crippen LogP) is 1.69. The van der Waals surface area contributed by atoms with Crippen molar-refractivity contribution in [2.24, 2.45) is 0 Å². The van der Waals surface area contributed by atoms with Gasteiger partial charge >= 0.3 is 5.97 Å². The van der Waals surface area contributed by atoms with Gasteiger partial charge in [0.15, 0.2) is 0 Å². The fourth-order valence-corrected chi connectivity index (χ4v) is 3.08. The van der Waals surface area contributed by atoms with Crippen molar-refractivity contribution in [2.75, 3.05) is 19.8 Å². The van der Waals surface area contributed by atoms with Crippen molar-refractivity contribution >= 4 is 5.97 Å². The lowest BCUT2D eigenvalue weighted by molar-refractivity contribution is -0.150. The second kappa shape index (κ2) is 5.31. The molecule has 3 rings (SSSR count). The molecule has 2 aliphatic heterocycles. The van der Waals surface area contributed by atoms with Crippen molar-refractivity contribution in [1.82, 2.24) is 4.90 Å². The van der Waals surface area contributed by atoms with Gasteiger partial charge in [0.25, 0.3) is 0 Å². The molecule has 21 heavy (non-hydrogen) atoms. The minimum absolute atomic E-state index is 0.185. The summed E-state index contributed by atoms with van der Waals surface area (Å²) in [6.07, 6.45) is 0.891. The molecule has 5 heteroatoms. The third-order valence-corrected chi connectivity index (χ3v) is 4.07. The van der Waals surface area contributed by atoms with E-state index >= 15 is 0 Å². The zero-order valence-corrected chi connectivity index (χ0v) is 12.5. The van der Waals surface area contributed by atoms with Crippen molar-refractivity contribution in [1.29, 1.82) is 0 Å². The highest BCUT2D eigenvalue weighted by molar-refractivity contribution is 5.73. The number of fused-ring (bicyclic) bond motifs is 1. The molecule has 0 spiro atoms.